The Labute approximate surface area is 117 Å². The van der Waals surface area contributed by atoms with Crippen molar-refractivity contribution in [1.29, 1.82) is 0 Å². The molecule has 7 nitrogen and oxygen atoms in total. The first-order valence-electron chi connectivity index (χ1n) is 5.83. The lowest BCUT2D eigenvalue weighted by Crippen LogP contribution is -2.29. The van der Waals surface area contributed by atoms with Crippen molar-refractivity contribution in [3.8, 4) is 0 Å². The van der Waals surface area contributed by atoms with Crippen molar-refractivity contribution in [2.24, 2.45) is 0 Å². The Hall–Kier alpha value is -2.19. The Morgan fingerprint density at radius 2 is 1.55 bits per heavy atom. The topological polar surface area (TPSA) is 87.2 Å². The van der Waals surface area contributed by atoms with Gasteiger partial charge in [0.2, 0.25) is 0 Å². The molecule has 0 fully saturated rings. The molecule has 1 aromatic carbocycles. The fourth-order valence-electron chi connectivity index (χ4n) is 1.35. The van der Waals surface area contributed by atoms with Crippen molar-refractivity contribution >= 4 is 27.5 Å². The van der Waals surface area contributed by atoms with Crippen LogP contribution in [0.2, 0.25) is 0 Å². The molecule has 20 heavy (non-hydrogen) atoms. The minimum Gasteiger partial charge on any atom is -0.339 e. The van der Waals surface area contributed by atoms with Crippen LogP contribution in [0.25, 0.3) is 0 Å². The number of benzene rings is 1. The third-order valence-electron chi connectivity index (χ3n) is 2.43. The van der Waals surface area contributed by atoms with E-state index in [1.807, 2.05) is 30.3 Å². The zero-order valence-corrected chi connectivity index (χ0v) is 11.9. The molecule has 0 saturated carbocycles. The Balaban J connectivity index is 2.07. The van der Waals surface area contributed by atoms with Crippen LogP contribution < -0.4 is 10.0 Å². The first-order chi connectivity index (χ1) is 9.47. The van der Waals surface area contributed by atoms with Gasteiger partial charge in [0.05, 0.1) is 0 Å². The van der Waals surface area contributed by atoms with Gasteiger partial charge in [0, 0.05) is 19.8 Å². The molecule has 0 radical (unpaired) electrons. The lowest BCUT2D eigenvalue weighted by molar-refractivity contribution is 0.526. The smallest absolute Gasteiger partial charge is 0.302 e. The Morgan fingerprint density at radius 1 is 0.950 bits per heavy atom. The highest BCUT2D eigenvalue weighted by Gasteiger charge is 2.13. The molecule has 2 aromatic rings. The Kier molecular flexibility index (Phi) is 4.16. The molecule has 2 N–H and O–H groups in total. The van der Waals surface area contributed by atoms with Gasteiger partial charge in [-0.15, -0.1) is 10.2 Å². The minimum atomic E-state index is -3.56. The molecule has 1 aromatic heterocycles. The van der Waals surface area contributed by atoms with Crippen LogP contribution in [-0.2, 0) is 10.2 Å². The zero-order chi connectivity index (χ0) is 14.6. The highest BCUT2D eigenvalue weighted by Crippen LogP contribution is 2.14. The summed E-state index contributed by atoms with van der Waals surface area (Å²) in [5.41, 5.74) is 0.878. The van der Waals surface area contributed by atoms with Crippen molar-refractivity contribution < 1.29 is 8.42 Å². The molecule has 0 aliphatic carbocycles. The predicted molar refractivity (Wildman–Crippen MR) is 78.0 cm³/mol. The molecule has 0 aliphatic rings. The van der Waals surface area contributed by atoms with E-state index in [1.165, 1.54) is 14.1 Å². The number of nitrogens with zero attached hydrogens (tertiary/aromatic N) is 3. The molecular formula is C12H15N5O2S. The molecule has 0 bridgehead atoms. The zero-order valence-electron chi connectivity index (χ0n) is 11.1. The summed E-state index contributed by atoms with van der Waals surface area (Å²) in [4.78, 5) is 0. The standard InChI is InChI=1S/C12H15N5O2S/c1-17(2)20(18,19)16-12-9-8-11(14-15-12)13-10-6-4-3-5-7-10/h3-9H,1-2H3,(H,13,14)(H,15,16). The first-order valence-corrected chi connectivity index (χ1v) is 7.27. The van der Waals surface area contributed by atoms with E-state index in [1.54, 1.807) is 12.1 Å². The largest absolute Gasteiger partial charge is 0.339 e. The Morgan fingerprint density at radius 3 is 2.10 bits per heavy atom. The molecular weight excluding hydrogens is 278 g/mol. The van der Waals surface area contributed by atoms with E-state index in [9.17, 15) is 8.42 Å². The molecule has 0 amide bonds. The van der Waals surface area contributed by atoms with Gasteiger partial charge in [-0.25, -0.2) is 0 Å². The highest BCUT2D eigenvalue weighted by atomic mass is 32.2. The maximum absolute atomic E-state index is 11.6. The number of rotatable bonds is 5. The number of nitrogens with one attached hydrogen (secondary N) is 2. The number of hydrogen-bond donors (Lipinski definition) is 2. The second-order valence-corrected chi connectivity index (χ2v) is 6.07. The molecule has 106 valence electrons. The quantitative estimate of drug-likeness (QED) is 0.871. The summed E-state index contributed by atoms with van der Waals surface area (Å²) in [5, 5.41) is 10.8. The number of para-hydroxylation sites is 1. The number of hydrogen-bond acceptors (Lipinski definition) is 5. The minimum absolute atomic E-state index is 0.164. The van der Waals surface area contributed by atoms with Crippen molar-refractivity contribution in [3.05, 3.63) is 42.5 Å². The van der Waals surface area contributed by atoms with Gasteiger partial charge in [0.15, 0.2) is 11.6 Å². The van der Waals surface area contributed by atoms with Gasteiger partial charge in [-0.2, -0.15) is 12.7 Å². The normalized spacial score (nSPS) is 11.3. The predicted octanol–water partition coefficient (Wildman–Crippen LogP) is 1.44. The van der Waals surface area contributed by atoms with Gasteiger partial charge >= 0.3 is 10.2 Å². The van der Waals surface area contributed by atoms with E-state index in [0.29, 0.717) is 5.82 Å². The van der Waals surface area contributed by atoms with Crippen LogP contribution in [0, 0.1) is 0 Å². The lowest BCUT2D eigenvalue weighted by atomic mass is 10.3. The van der Waals surface area contributed by atoms with Crippen LogP contribution in [0.4, 0.5) is 17.3 Å². The third kappa shape index (κ3) is 3.65. The molecule has 1 heterocycles. The molecule has 0 spiro atoms. The summed E-state index contributed by atoms with van der Waals surface area (Å²) < 4.78 is 26.6. The van der Waals surface area contributed by atoms with Crippen LogP contribution in [0.1, 0.15) is 0 Å². The molecule has 0 unspecified atom stereocenters. The van der Waals surface area contributed by atoms with Crippen LogP contribution in [0.15, 0.2) is 42.5 Å². The summed E-state index contributed by atoms with van der Waals surface area (Å²) in [5.74, 6) is 0.696. The van der Waals surface area contributed by atoms with E-state index in [4.69, 9.17) is 0 Å². The average Bonchev–Trinajstić information content (AvgIpc) is 2.42. The SMILES string of the molecule is CN(C)S(=O)(=O)Nc1ccc(Nc2ccccc2)nn1. The maximum Gasteiger partial charge on any atom is 0.302 e. The summed E-state index contributed by atoms with van der Waals surface area (Å²) in [6.07, 6.45) is 0. The van der Waals surface area contributed by atoms with E-state index >= 15 is 0 Å². The fourth-order valence-corrected chi connectivity index (χ4v) is 1.90. The van der Waals surface area contributed by atoms with Gasteiger partial charge in [0.1, 0.15) is 0 Å². The van der Waals surface area contributed by atoms with E-state index in [2.05, 4.69) is 20.2 Å². The fraction of sp³-hybridized carbons (Fsp3) is 0.167. The highest BCUT2D eigenvalue weighted by molar-refractivity contribution is 7.90. The molecule has 2 rings (SSSR count). The summed E-state index contributed by atoms with van der Waals surface area (Å²) in [6.45, 7) is 0. The van der Waals surface area contributed by atoms with Crippen LogP contribution in [-0.4, -0.2) is 37.0 Å². The molecule has 0 atom stereocenters. The van der Waals surface area contributed by atoms with Gasteiger partial charge in [-0.05, 0) is 24.3 Å². The van der Waals surface area contributed by atoms with E-state index < -0.39 is 10.2 Å². The summed E-state index contributed by atoms with van der Waals surface area (Å²) in [6, 6.07) is 12.7. The van der Waals surface area contributed by atoms with Crippen molar-refractivity contribution in [1.82, 2.24) is 14.5 Å². The molecule has 8 heteroatoms. The lowest BCUT2D eigenvalue weighted by Gasteiger charge is -2.12. The van der Waals surface area contributed by atoms with Crippen molar-refractivity contribution in [3.63, 3.8) is 0 Å². The van der Waals surface area contributed by atoms with Gasteiger partial charge in [0.25, 0.3) is 0 Å². The maximum atomic E-state index is 11.6. The summed E-state index contributed by atoms with van der Waals surface area (Å²) in [7, 11) is -0.699. The van der Waals surface area contributed by atoms with Crippen LogP contribution in [0.5, 0.6) is 0 Å². The van der Waals surface area contributed by atoms with Gasteiger partial charge < -0.3 is 5.32 Å². The monoisotopic (exact) mass is 293 g/mol. The van der Waals surface area contributed by atoms with Crippen molar-refractivity contribution in [2.75, 3.05) is 24.1 Å². The van der Waals surface area contributed by atoms with E-state index in [-0.39, 0.29) is 5.82 Å². The van der Waals surface area contributed by atoms with Crippen molar-refractivity contribution in [2.45, 2.75) is 0 Å². The van der Waals surface area contributed by atoms with Crippen LogP contribution in [0.3, 0.4) is 0 Å². The van der Waals surface area contributed by atoms with Gasteiger partial charge in [-0.3, -0.25) is 4.72 Å². The molecule has 0 saturated heterocycles. The molecule has 0 aliphatic heterocycles. The van der Waals surface area contributed by atoms with E-state index in [0.717, 1.165) is 9.99 Å². The average molecular weight is 293 g/mol. The second kappa shape index (κ2) is 5.85. The first kappa shape index (κ1) is 14.2. The van der Waals surface area contributed by atoms with Crippen LogP contribution >= 0.6 is 0 Å². The summed E-state index contributed by atoms with van der Waals surface area (Å²) >= 11 is 0. The number of aromatic nitrogens is 2. The Bertz CT molecular complexity index is 656. The third-order valence-corrected chi connectivity index (χ3v) is 3.85. The van der Waals surface area contributed by atoms with Gasteiger partial charge in [-0.1, -0.05) is 18.2 Å². The number of anilines is 3. The second-order valence-electron chi connectivity index (χ2n) is 4.18.